The van der Waals surface area contributed by atoms with Crippen molar-refractivity contribution in [3.8, 4) is 17.3 Å². The number of fused-ring (bicyclic) bond motifs is 2. The highest BCUT2D eigenvalue weighted by atomic mass is 16.6. The highest BCUT2D eigenvalue weighted by molar-refractivity contribution is 5.96. The van der Waals surface area contributed by atoms with Crippen molar-refractivity contribution in [3.63, 3.8) is 0 Å². The Labute approximate surface area is 399 Å². The second-order valence-corrected chi connectivity index (χ2v) is 19.9. The third kappa shape index (κ3) is 11.3. The summed E-state index contributed by atoms with van der Waals surface area (Å²) in [7, 11) is 0. The molecule has 6 heterocycles. The van der Waals surface area contributed by atoms with Gasteiger partial charge in [-0.3, -0.25) is 4.98 Å². The predicted molar refractivity (Wildman–Crippen MR) is 265 cm³/mol. The molecule has 3 aliphatic heterocycles. The lowest BCUT2D eigenvalue weighted by Gasteiger charge is -2.41. The standard InChI is InChI=1S/C53H66N10O5/c1-36(2)46-33-57-63-48(46)58-50(67-43-15-11-25-62(34-43)52(65)68-53(3,4)5)59-49(63)56-32-40-14-9-10-16-44(40)47-45-18-17-41(30-39(45)19-24-54-47)55-31-37-20-26-60(27-21-37)42-22-28-61(29-23-42)51(64)66-35-38-12-7-6-8-13-38/h6-10,12-14,16-19,24,30,33,36-37,42-43,55H,11,15,20-23,25-29,31-32,34-35H2,1-5H3,(H,56,58,59)/t43-/m1/s1. The van der Waals surface area contributed by atoms with E-state index in [4.69, 9.17) is 34.3 Å². The second-order valence-electron chi connectivity index (χ2n) is 19.9. The minimum absolute atomic E-state index is 0.180. The molecule has 15 nitrogen and oxygen atoms in total. The monoisotopic (exact) mass is 923 g/mol. The van der Waals surface area contributed by atoms with E-state index in [2.05, 4.69) is 71.8 Å². The molecule has 2 N–H and O–H groups in total. The molecule has 6 aromatic rings. The van der Waals surface area contributed by atoms with Crippen LogP contribution in [-0.4, -0.2) is 115 Å². The molecule has 358 valence electrons. The van der Waals surface area contributed by atoms with Crippen molar-refractivity contribution in [2.24, 2.45) is 5.92 Å². The van der Waals surface area contributed by atoms with Crippen molar-refractivity contribution >= 4 is 40.2 Å². The number of carbonyl (C=O) groups excluding carboxylic acids is 2. The number of ether oxygens (including phenoxy) is 3. The number of carbonyl (C=O) groups is 2. The van der Waals surface area contributed by atoms with E-state index in [9.17, 15) is 9.59 Å². The number of nitrogens with one attached hydrogen (secondary N) is 2. The Morgan fingerprint density at radius 1 is 0.824 bits per heavy atom. The van der Waals surface area contributed by atoms with Crippen LogP contribution in [0, 0.1) is 5.92 Å². The molecule has 0 aliphatic carbocycles. The molecular weight excluding hydrogens is 857 g/mol. The summed E-state index contributed by atoms with van der Waals surface area (Å²) in [5.74, 6) is 1.29. The summed E-state index contributed by atoms with van der Waals surface area (Å²) in [5, 5.41) is 14.2. The van der Waals surface area contributed by atoms with Crippen LogP contribution in [0.15, 0.2) is 91.3 Å². The lowest BCUT2D eigenvalue weighted by atomic mass is 9.93. The minimum atomic E-state index is -0.579. The quantitative estimate of drug-likeness (QED) is 0.113. The van der Waals surface area contributed by atoms with Crippen LogP contribution in [0.4, 0.5) is 21.2 Å². The Balaban J connectivity index is 0.811. The Bertz CT molecular complexity index is 2670. The largest absolute Gasteiger partial charge is 0.458 e. The van der Waals surface area contributed by atoms with Crippen LogP contribution < -0.4 is 15.4 Å². The molecule has 0 saturated carbocycles. The number of rotatable bonds is 13. The topological polar surface area (TPSA) is 152 Å². The summed E-state index contributed by atoms with van der Waals surface area (Å²) in [6.07, 6.45) is 8.76. The molecule has 1 atom stereocenters. The number of aromatic nitrogens is 5. The molecule has 3 aromatic carbocycles. The average molecular weight is 923 g/mol. The van der Waals surface area contributed by atoms with E-state index < -0.39 is 5.60 Å². The van der Waals surface area contributed by atoms with Gasteiger partial charge in [0, 0.05) is 67.2 Å². The molecule has 68 heavy (non-hydrogen) atoms. The van der Waals surface area contributed by atoms with Crippen LogP contribution in [0.2, 0.25) is 0 Å². The predicted octanol–water partition coefficient (Wildman–Crippen LogP) is 9.78. The fraction of sp³-hybridized carbons (Fsp3) is 0.472. The van der Waals surface area contributed by atoms with Crippen molar-refractivity contribution in [2.75, 3.05) is 56.4 Å². The molecule has 15 heteroatoms. The summed E-state index contributed by atoms with van der Waals surface area (Å²) in [6.45, 7) is 16.2. The minimum Gasteiger partial charge on any atom is -0.458 e. The van der Waals surface area contributed by atoms with Gasteiger partial charge in [-0.2, -0.15) is 19.6 Å². The Hall–Kier alpha value is -6.48. The molecule has 0 spiro atoms. The van der Waals surface area contributed by atoms with E-state index >= 15 is 0 Å². The van der Waals surface area contributed by atoms with Gasteiger partial charge in [-0.05, 0) is 119 Å². The van der Waals surface area contributed by atoms with Gasteiger partial charge in [0.1, 0.15) is 18.3 Å². The van der Waals surface area contributed by atoms with Gasteiger partial charge in [0.25, 0.3) is 0 Å². The molecule has 3 fully saturated rings. The fourth-order valence-electron chi connectivity index (χ4n) is 9.72. The van der Waals surface area contributed by atoms with E-state index in [0.29, 0.717) is 49.8 Å². The van der Waals surface area contributed by atoms with Gasteiger partial charge in [-0.1, -0.05) is 74.5 Å². The molecule has 0 bridgehead atoms. The number of piperidine rings is 3. The first-order valence-corrected chi connectivity index (χ1v) is 24.5. The van der Waals surface area contributed by atoms with Crippen molar-refractivity contribution in [3.05, 3.63) is 108 Å². The first-order valence-electron chi connectivity index (χ1n) is 24.5. The third-order valence-electron chi connectivity index (χ3n) is 13.5. The highest BCUT2D eigenvalue weighted by Gasteiger charge is 2.32. The molecule has 0 unspecified atom stereocenters. The Morgan fingerprint density at radius 2 is 1.60 bits per heavy atom. The maximum Gasteiger partial charge on any atom is 0.410 e. The molecule has 0 radical (unpaired) electrons. The molecule has 3 aliphatic rings. The smallest absolute Gasteiger partial charge is 0.410 e. The molecule has 9 rings (SSSR count). The van der Waals surface area contributed by atoms with Crippen molar-refractivity contribution < 1.29 is 23.8 Å². The van der Waals surface area contributed by atoms with Crippen LogP contribution in [-0.2, 0) is 22.6 Å². The van der Waals surface area contributed by atoms with E-state index in [1.807, 2.05) is 74.5 Å². The van der Waals surface area contributed by atoms with Gasteiger partial charge in [-0.25, -0.2) is 9.59 Å². The number of hydrogen-bond donors (Lipinski definition) is 2. The summed E-state index contributed by atoms with van der Waals surface area (Å²) in [4.78, 5) is 46.5. The molecule has 3 aromatic heterocycles. The second kappa shape index (κ2) is 20.8. The van der Waals surface area contributed by atoms with Crippen molar-refractivity contribution in [2.45, 2.75) is 110 Å². The summed E-state index contributed by atoms with van der Waals surface area (Å²) < 4.78 is 19.4. The van der Waals surface area contributed by atoms with Crippen molar-refractivity contribution in [1.82, 2.24) is 39.3 Å². The van der Waals surface area contributed by atoms with Crippen LogP contribution in [0.5, 0.6) is 6.01 Å². The fourth-order valence-corrected chi connectivity index (χ4v) is 9.72. The first-order chi connectivity index (χ1) is 32.9. The number of benzene rings is 3. The summed E-state index contributed by atoms with van der Waals surface area (Å²) in [5.41, 5.74) is 6.20. The van der Waals surface area contributed by atoms with Crippen LogP contribution >= 0.6 is 0 Å². The lowest BCUT2D eigenvalue weighted by Crippen LogP contribution is -2.49. The maximum atomic E-state index is 12.9. The average Bonchev–Trinajstić information content (AvgIpc) is 3.79. The van der Waals surface area contributed by atoms with E-state index in [1.165, 1.54) is 0 Å². The maximum absolute atomic E-state index is 12.9. The van der Waals surface area contributed by atoms with Crippen LogP contribution in [0.1, 0.15) is 95.8 Å². The Morgan fingerprint density at radius 3 is 2.38 bits per heavy atom. The van der Waals surface area contributed by atoms with Gasteiger partial charge in [0.05, 0.1) is 18.4 Å². The number of amides is 2. The normalized spacial score (nSPS) is 17.7. The summed E-state index contributed by atoms with van der Waals surface area (Å²) >= 11 is 0. The zero-order valence-electron chi connectivity index (χ0n) is 40.2. The number of likely N-dealkylation sites (tertiary alicyclic amines) is 3. The zero-order chi connectivity index (χ0) is 47.2. The number of pyridine rings is 1. The van der Waals surface area contributed by atoms with Gasteiger partial charge >= 0.3 is 18.2 Å². The number of anilines is 2. The third-order valence-corrected chi connectivity index (χ3v) is 13.5. The molecule has 3 saturated heterocycles. The SMILES string of the molecule is CC(C)c1cnn2c(NCc3ccccc3-c3nccc4cc(NCC5CCN(C6CCN(C(=O)OCc7ccccc7)CC6)CC5)ccc34)nc(O[C@@H]3CCCN(C(=O)OC(C)(C)C)C3)nc12. The van der Waals surface area contributed by atoms with Gasteiger partial charge in [0.2, 0.25) is 5.95 Å². The highest BCUT2D eigenvalue weighted by Crippen LogP contribution is 2.33. The number of hydrogen-bond acceptors (Lipinski definition) is 12. The lowest BCUT2D eigenvalue weighted by molar-refractivity contribution is 0.00661. The number of nitrogens with zero attached hydrogens (tertiary/aromatic N) is 8. The first kappa shape index (κ1) is 46.6. The van der Waals surface area contributed by atoms with E-state index in [0.717, 1.165) is 116 Å². The van der Waals surface area contributed by atoms with E-state index in [-0.39, 0.29) is 30.2 Å². The van der Waals surface area contributed by atoms with Crippen LogP contribution in [0.25, 0.3) is 27.7 Å². The summed E-state index contributed by atoms with van der Waals surface area (Å²) in [6, 6.07) is 27.6. The molecular formula is C53H66N10O5. The molecule has 2 amide bonds. The van der Waals surface area contributed by atoms with Crippen molar-refractivity contribution in [1.29, 1.82) is 0 Å². The van der Waals surface area contributed by atoms with Crippen LogP contribution in [0.3, 0.4) is 0 Å². The van der Waals surface area contributed by atoms with Gasteiger partial charge in [-0.15, -0.1) is 0 Å². The van der Waals surface area contributed by atoms with E-state index in [1.54, 1.807) is 9.42 Å². The van der Waals surface area contributed by atoms with Gasteiger partial charge in [0.15, 0.2) is 5.65 Å². The van der Waals surface area contributed by atoms with Gasteiger partial charge < -0.3 is 39.5 Å². The Kier molecular flexibility index (Phi) is 14.3. The zero-order valence-corrected chi connectivity index (χ0v) is 40.2.